The van der Waals surface area contributed by atoms with E-state index < -0.39 is 11.6 Å². The number of aromatic nitrogens is 3. The Bertz CT molecular complexity index is 536. The molecule has 4 nitrogen and oxygen atoms in total. The van der Waals surface area contributed by atoms with Gasteiger partial charge in [-0.1, -0.05) is 6.92 Å². The molecule has 0 spiro atoms. The molecule has 6 heteroatoms. The predicted molar refractivity (Wildman–Crippen MR) is 59.7 cm³/mol. The number of rotatable bonds is 3. The Morgan fingerprint density at radius 1 is 1.35 bits per heavy atom. The van der Waals surface area contributed by atoms with Crippen LogP contribution in [0.3, 0.4) is 0 Å². The van der Waals surface area contributed by atoms with Crippen LogP contribution >= 0.6 is 0 Å². The second kappa shape index (κ2) is 4.48. The van der Waals surface area contributed by atoms with E-state index in [1.54, 1.807) is 0 Å². The second-order valence-corrected chi connectivity index (χ2v) is 3.64. The minimum Gasteiger partial charge on any atom is -0.368 e. The first-order chi connectivity index (χ1) is 8.11. The van der Waals surface area contributed by atoms with Crippen LogP contribution in [-0.4, -0.2) is 14.8 Å². The lowest BCUT2D eigenvalue weighted by Gasteiger charge is -2.03. The van der Waals surface area contributed by atoms with Crippen molar-refractivity contribution in [2.24, 2.45) is 0 Å². The Hall–Kier alpha value is -1.98. The molecule has 0 saturated carbocycles. The van der Waals surface area contributed by atoms with Gasteiger partial charge in [0.15, 0.2) is 11.6 Å². The fraction of sp³-hybridized carbons (Fsp3) is 0.273. The van der Waals surface area contributed by atoms with Crippen molar-refractivity contribution >= 4 is 5.95 Å². The molecule has 0 aliphatic rings. The zero-order valence-corrected chi connectivity index (χ0v) is 9.32. The van der Waals surface area contributed by atoms with Gasteiger partial charge in [-0.15, -0.1) is 5.10 Å². The van der Waals surface area contributed by atoms with Crippen LogP contribution in [0.15, 0.2) is 18.2 Å². The van der Waals surface area contributed by atoms with Crippen LogP contribution in [0.25, 0.3) is 5.69 Å². The lowest BCUT2D eigenvalue weighted by molar-refractivity contribution is 0.573. The molecule has 1 aromatic carbocycles. The number of nitrogens with zero attached hydrogens (tertiary/aromatic N) is 3. The van der Waals surface area contributed by atoms with E-state index in [-0.39, 0.29) is 11.6 Å². The predicted octanol–water partition coefficient (Wildman–Crippen LogP) is 2.08. The molecule has 0 atom stereocenters. The van der Waals surface area contributed by atoms with Gasteiger partial charge in [0.1, 0.15) is 11.5 Å². The molecule has 1 aromatic heterocycles. The standard InChI is InChI=1S/C11H12F2N4/c1-2-3-10-15-11(14)17(16-10)9-5-4-7(12)6-8(9)13/h4-6H,2-3H2,1H3,(H2,14,15,16). The van der Waals surface area contributed by atoms with Gasteiger partial charge in [0.05, 0.1) is 0 Å². The zero-order valence-electron chi connectivity index (χ0n) is 9.32. The van der Waals surface area contributed by atoms with E-state index in [1.165, 1.54) is 10.7 Å². The highest BCUT2D eigenvalue weighted by atomic mass is 19.1. The maximum absolute atomic E-state index is 13.5. The Balaban J connectivity index is 2.45. The number of anilines is 1. The van der Waals surface area contributed by atoms with Crippen molar-refractivity contribution < 1.29 is 8.78 Å². The molecule has 17 heavy (non-hydrogen) atoms. The van der Waals surface area contributed by atoms with E-state index in [2.05, 4.69) is 10.1 Å². The van der Waals surface area contributed by atoms with Crippen LogP contribution in [0.2, 0.25) is 0 Å². The number of nitrogen functional groups attached to an aromatic ring is 1. The topological polar surface area (TPSA) is 56.7 Å². The molecule has 0 fully saturated rings. The first-order valence-electron chi connectivity index (χ1n) is 5.28. The highest BCUT2D eigenvalue weighted by molar-refractivity contribution is 5.38. The first-order valence-corrected chi connectivity index (χ1v) is 5.28. The van der Waals surface area contributed by atoms with Crippen molar-refractivity contribution in [3.63, 3.8) is 0 Å². The normalized spacial score (nSPS) is 10.8. The van der Waals surface area contributed by atoms with Gasteiger partial charge >= 0.3 is 0 Å². The van der Waals surface area contributed by atoms with Crippen molar-refractivity contribution in [3.8, 4) is 5.69 Å². The number of nitrogens with two attached hydrogens (primary N) is 1. The lowest BCUT2D eigenvalue weighted by atomic mass is 10.3. The van der Waals surface area contributed by atoms with E-state index in [9.17, 15) is 8.78 Å². The van der Waals surface area contributed by atoms with E-state index in [0.717, 1.165) is 18.6 Å². The summed E-state index contributed by atoms with van der Waals surface area (Å²) in [5.74, 6) is -0.712. The Labute approximate surface area is 97.1 Å². The highest BCUT2D eigenvalue weighted by Gasteiger charge is 2.12. The summed E-state index contributed by atoms with van der Waals surface area (Å²) in [5.41, 5.74) is 5.74. The minimum absolute atomic E-state index is 0.0961. The van der Waals surface area contributed by atoms with Crippen LogP contribution in [0, 0.1) is 11.6 Å². The van der Waals surface area contributed by atoms with Gasteiger partial charge in [0.25, 0.3) is 0 Å². The number of hydrogen-bond acceptors (Lipinski definition) is 3. The summed E-state index contributed by atoms with van der Waals surface area (Å²) in [7, 11) is 0. The van der Waals surface area contributed by atoms with Crippen LogP contribution in [0.4, 0.5) is 14.7 Å². The van der Waals surface area contributed by atoms with Crippen LogP contribution in [0.5, 0.6) is 0 Å². The molecule has 0 amide bonds. The van der Waals surface area contributed by atoms with Crippen molar-refractivity contribution in [2.45, 2.75) is 19.8 Å². The SMILES string of the molecule is CCCc1nc(N)n(-c2ccc(F)cc2F)n1. The number of halogens is 2. The van der Waals surface area contributed by atoms with Crippen LogP contribution in [0.1, 0.15) is 19.2 Å². The van der Waals surface area contributed by atoms with Gasteiger partial charge in [-0.25, -0.2) is 8.78 Å². The van der Waals surface area contributed by atoms with Gasteiger partial charge < -0.3 is 5.73 Å². The maximum Gasteiger partial charge on any atom is 0.223 e. The summed E-state index contributed by atoms with van der Waals surface area (Å²) in [6.45, 7) is 1.98. The smallest absolute Gasteiger partial charge is 0.223 e. The number of benzene rings is 1. The lowest BCUT2D eigenvalue weighted by Crippen LogP contribution is -2.05. The molecule has 1 heterocycles. The fourth-order valence-electron chi connectivity index (χ4n) is 1.53. The van der Waals surface area contributed by atoms with Gasteiger partial charge in [-0.05, 0) is 18.6 Å². The van der Waals surface area contributed by atoms with Gasteiger partial charge in [-0.2, -0.15) is 9.67 Å². The summed E-state index contributed by atoms with van der Waals surface area (Å²) in [6.07, 6.45) is 1.54. The van der Waals surface area contributed by atoms with Crippen LogP contribution < -0.4 is 5.73 Å². The van der Waals surface area contributed by atoms with Gasteiger partial charge in [0, 0.05) is 12.5 Å². The highest BCUT2D eigenvalue weighted by Crippen LogP contribution is 2.17. The molecule has 90 valence electrons. The molecular formula is C11H12F2N4. The average molecular weight is 238 g/mol. The molecular weight excluding hydrogens is 226 g/mol. The molecule has 0 radical (unpaired) electrons. The third kappa shape index (κ3) is 2.25. The molecule has 0 bridgehead atoms. The van der Waals surface area contributed by atoms with Crippen molar-refractivity contribution in [1.82, 2.24) is 14.8 Å². The zero-order chi connectivity index (χ0) is 12.4. The van der Waals surface area contributed by atoms with Crippen molar-refractivity contribution in [3.05, 3.63) is 35.7 Å². The number of hydrogen-bond donors (Lipinski definition) is 1. The quantitative estimate of drug-likeness (QED) is 0.890. The van der Waals surface area contributed by atoms with E-state index in [0.29, 0.717) is 12.2 Å². The average Bonchev–Trinajstić information content (AvgIpc) is 2.60. The van der Waals surface area contributed by atoms with E-state index >= 15 is 0 Å². The molecule has 2 aromatic rings. The van der Waals surface area contributed by atoms with E-state index in [1.807, 2.05) is 6.92 Å². The Morgan fingerprint density at radius 3 is 2.76 bits per heavy atom. The molecule has 2 N–H and O–H groups in total. The summed E-state index contributed by atoms with van der Waals surface area (Å²) in [6, 6.07) is 3.22. The van der Waals surface area contributed by atoms with Gasteiger partial charge in [0.2, 0.25) is 5.95 Å². The molecule has 0 aliphatic heterocycles. The summed E-state index contributed by atoms with van der Waals surface area (Å²) in [5, 5.41) is 4.08. The molecule has 2 rings (SSSR count). The molecule has 0 saturated heterocycles. The van der Waals surface area contributed by atoms with Crippen molar-refractivity contribution in [1.29, 1.82) is 0 Å². The summed E-state index contributed by atoms with van der Waals surface area (Å²) >= 11 is 0. The van der Waals surface area contributed by atoms with E-state index in [4.69, 9.17) is 5.73 Å². The minimum atomic E-state index is -0.718. The first kappa shape index (κ1) is 11.5. The summed E-state index contributed by atoms with van der Waals surface area (Å²) in [4.78, 5) is 4.01. The maximum atomic E-state index is 13.5. The second-order valence-electron chi connectivity index (χ2n) is 3.64. The van der Waals surface area contributed by atoms with Gasteiger partial charge in [-0.3, -0.25) is 0 Å². The largest absolute Gasteiger partial charge is 0.368 e. The van der Waals surface area contributed by atoms with Crippen molar-refractivity contribution in [2.75, 3.05) is 5.73 Å². The fourth-order valence-corrected chi connectivity index (χ4v) is 1.53. The Kier molecular flexibility index (Phi) is 3.03. The number of aryl methyl sites for hydroxylation is 1. The molecule has 0 aliphatic carbocycles. The third-order valence-electron chi connectivity index (χ3n) is 2.29. The monoisotopic (exact) mass is 238 g/mol. The summed E-state index contributed by atoms with van der Waals surface area (Å²) < 4.78 is 27.5. The third-order valence-corrected chi connectivity index (χ3v) is 2.29. The molecule has 0 unspecified atom stereocenters. The Morgan fingerprint density at radius 2 is 2.12 bits per heavy atom. The van der Waals surface area contributed by atoms with Crippen LogP contribution in [-0.2, 0) is 6.42 Å².